The van der Waals surface area contributed by atoms with Crippen LogP contribution in [0.25, 0.3) is 0 Å². The highest BCUT2D eigenvalue weighted by Crippen LogP contribution is 2.29. The van der Waals surface area contributed by atoms with Crippen molar-refractivity contribution < 1.29 is 9.90 Å². The van der Waals surface area contributed by atoms with Gasteiger partial charge in [-0.25, -0.2) is 0 Å². The van der Waals surface area contributed by atoms with E-state index in [9.17, 15) is 4.79 Å². The molecule has 0 heterocycles. The van der Waals surface area contributed by atoms with Crippen LogP contribution in [-0.2, 0) is 4.79 Å². The van der Waals surface area contributed by atoms with Gasteiger partial charge in [-0.05, 0) is 49.7 Å². The maximum absolute atomic E-state index is 11.8. The molecule has 1 aliphatic rings. The maximum Gasteiger partial charge on any atom is 0.159 e. The van der Waals surface area contributed by atoms with Crippen LogP contribution >= 0.6 is 0 Å². The molecule has 1 N–H and O–H groups in total. The molecule has 16 heavy (non-hydrogen) atoms. The average Bonchev–Trinajstić information content (AvgIpc) is 2.29. The Morgan fingerprint density at radius 2 is 2.44 bits per heavy atom. The van der Waals surface area contributed by atoms with Gasteiger partial charge in [0.15, 0.2) is 5.78 Å². The summed E-state index contributed by atoms with van der Waals surface area (Å²) in [6.07, 6.45) is 8.59. The molecule has 2 atom stereocenters. The van der Waals surface area contributed by atoms with Gasteiger partial charge >= 0.3 is 0 Å². The van der Waals surface area contributed by atoms with E-state index in [1.54, 1.807) is 6.08 Å². The lowest BCUT2D eigenvalue weighted by molar-refractivity contribution is -0.120. The van der Waals surface area contributed by atoms with Gasteiger partial charge in [0.2, 0.25) is 0 Å². The highest BCUT2D eigenvalue weighted by molar-refractivity contribution is 5.93. The fraction of sp³-hybridized carbons (Fsp3) is 0.643. The molecule has 0 aromatic carbocycles. The van der Waals surface area contributed by atoms with Crippen molar-refractivity contribution in [2.75, 3.05) is 6.61 Å². The Balaban J connectivity index is 2.46. The Kier molecular flexibility index (Phi) is 5.47. The molecule has 0 saturated heterocycles. The van der Waals surface area contributed by atoms with Crippen LogP contribution in [0.3, 0.4) is 0 Å². The number of hydrogen-bond acceptors (Lipinski definition) is 2. The van der Waals surface area contributed by atoms with Gasteiger partial charge in [-0.3, -0.25) is 4.79 Å². The van der Waals surface area contributed by atoms with Crippen molar-refractivity contribution >= 4 is 5.78 Å². The van der Waals surface area contributed by atoms with Gasteiger partial charge in [0.05, 0.1) is 6.61 Å². The average molecular weight is 222 g/mol. The van der Waals surface area contributed by atoms with Gasteiger partial charge in [0.1, 0.15) is 0 Å². The molecule has 2 nitrogen and oxygen atoms in total. The number of carbonyl (C=O) groups is 1. The largest absolute Gasteiger partial charge is 0.392 e. The van der Waals surface area contributed by atoms with Crippen LogP contribution in [0.4, 0.5) is 0 Å². The lowest BCUT2D eigenvalue weighted by Gasteiger charge is -2.25. The lowest BCUT2D eigenvalue weighted by atomic mass is 9.78. The van der Waals surface area contributed by atoms with Gasteiger partial charge in [0, 0.05) is 5.92 Å². The van der Waals surface area contributed by atoms with E-state index in [-0.39, 0.29) is 18.3 Å². The van der Waals surface area contributed by atoms with Crippen molar-refractivity contribution in [2.24, 2.45) is 11.8 Å². The Morgan fingerprint density at radius 1 is 1.69 bits per heavy atom. The van der Waals surface area contributed by atoms with Gasteiger partial charge in [-0.1, -0.05) is 13.0 Å². The topological polar surface area (TPSA) is 37.3 Å². The van der Waals surface area contributed by atoms with Gasteiger partial charge in [0.25, 0.3) is 0 Å². The Bertz CT molecular complexity index is 278. The molecule has 1 rings (SSSR count). The highest BCUT2D eigenvalue weighted by atomic mass is 16.3. The van der Waals surface area contributed by atoms with Crippen LogP contribution < -0.4 is 0 Å². The van der Waals surface area contributed by atoms with Crippen LogP contribution in [0.2, 0.25) is 0 Å². The standard InChI is InChI=1S/C14H22O2/c1-3-4-5-6-11(2)13-8-7-12(10-15)9-14(13)16/h3,9,11,13,15H,1,4-8,10H2,2H3. The van der Waals surface area contributed by atoms with E-state index >= 15 is 0 Å². The van der Waals surface area contributed by atoms with Crippen molar-refractivity contribution in [3.8, 4) is 0 Å². The van der Waals surface area contributed by atoms with E-state index in [1.165, 1.54) is 0 Å². The van der Waals surface area contributed by atoms with E-state index in [0.717, 1.165) is 37.7 Å². The molecule has 0 aliphatic heterocycles. The van der Waals surface area contributed by atoms with Crippen LogP contribution in [-0.4, -0.2) is 17.5 Å². The smallest absolute Gasteiger partial charge is 0.159 e. The summed E-state index contributed by atoms with van der Waals surface area (Å²) in [4.78, 5) is 11.8. The van der Waals surface area contributed by atoms with Crippen LogP contribution in [0, 0.1) is 11.8 Å². The summed E-state index contributed by atoms with van der Waals surface area (Å²) in [6.45, 7) is 5.89. The first-order valence-electron chi connectivity index (χ1n) is 6.14. The van der Waals surface area contributed by atoms with E-state index in [1.807, 2.05) is 6.08 Å². The number of ketones is 1. The zero-order chi connectivity index (χ0) is 12.0. The van der Waals surface area contributed by atoms with E-state index in [2.05, 4.69) is 13.5 Å². The highest BCUT2D eigenvalue weighted by Gasteiger charge is 2.26. The van der Waals surface area contributed by atoms with E-state index in [0.29, 0.717) is 5.92 Å². The van der Waals surface area contributed by atoms with Crippen molar-refractivity contribution in [1.82, 2.24) is 0 Å². The number of carbonyl (C=O) groups excluding carboxylic acids is 1. The third kappa shape index (κ3) is 3.60. The number of aliphatic hydroxyl groups is 1. The van der Waals surface area contributed by atoms with Crippen LogP contribution in [0.15, 0.2) is 24.3 Å². The Labute approximate surface area is 98.1 Å². The van der Waals surface area contributed by atoms with Crippen LogP contribution in [0.1, 0.15) is 39.0 Å². The SMILES string of the molecule is C=CCCCC(C)C1CCC(CO)=CC1=O. The second-order valence-corrected chi connectivity index (χ2v) is 4.71. The molecule has 0 bridgehead atoms. The number of hydrogen-bond donors (Lipinski definition) is 1. The Morgan fingerprint density at radius 3 is 3.00 bits per heavy atom. The van der Waals surface area contributed by atoms with Crippen molar-refractivity contribution in [1.29, 1.82) is 0 Å². The minimum absolute atomic E-state index is 0.0311. The first-order valence-corrected chi connectivity index (χ1v) is 6.14. The molecule has 2 heteroatoms. The fourth-order valence-corrected chi connectivity index (χ4v) is 2.34. The summed E-state index contributed by atoms with van der Waals surface area (Å²) in [6, 6.07) is 0. The predicted molar refractivity (Wildman–Crippen MR) is 66.1 cm³/mol. The normalized spacial score (nSPS) is 22.8. The number of rotatable bonds is 6. The molecule has 1 aliphatic carbocycles. The second kappa shape index (κ2) is 6.64. The van der Waals surface area contributed by atoms with Crippen molar-refractivity contribution in [2.45, 2.75) is 39.0 Å². The summed E-state index contributed by atoms with van der Waals surface area (Å²) in [7, 11) is 0. The molecular weight excluding hydrogens is 200 g/mol. The van der Waals surface area contributed by atoms with E-state index in [4.69, 9.17) is 5.11 Å². The van der Waals surface area contributed by atoms with Crippen LogP contribution in [0.5, 0.6) is 0 Å². The summed E-state index contributed by atoms with van der Waals surface area (Å²) in [5.41, 5.74) is 0.888. The third-order valence-corrected chi connectivity index (χ3v) is 3.45. The quantitative estimate of drug-likeness (QED) is 0.554. The minimum atomic E-state index is 0.0311. The first kappa shape index (κ1) is 13.2. The fourth-order valence-electron chi connectivity index (χ4n) is 2.34. The Hall–Kier alpha value is -0.890. The summed E-state index contributed by atoms with van der Waals surface area (Å²) >= 11 is 0. The number of unbranched alkanes of at least 4 members (excludes halogenated alkanes) is 1. The molecule has 0 radical (unpaired) electrons. The van der Waals surface area contributed by atoms with Gasteiger partial charge < -0.3 is 5.11 Å². The molecule has 2 unspecified atom stereocenters. The van der Waals surface area contributed by atoms with Crippen molar-refractivity contribution in [3.05, 3.63) is 24.3 Å². The van der Waals surface area contributed by atoms with Gasteiger partial charge in [-0.15, -0.1) is 6.58 Å². The first-order chi connectivity index (χ1) is 7.69. The lowest BCUT2D eigenvalue weighted by Crippen LogP contribution is -2.24. The summed E-state index contributed by atoms with van der Waals surface area (Å²) < 4.78 is 0. The number of aliphatic hydroxyl groups excluding tert-OH is 1. The predicted octanol–water partition coefficient (Wildman–Crippen LogP) is 2.88. The third-order valence-electron chi connectivity index (χ3n) is 3.45. The molecular formula is C14H22O2. The molecule has 0 saturated carbocycles. The molecule has 0 fully saturated rings. The maximum atomic E-state index is 11.8. The zero-order valence-electron chi connectivity index (χ0n) is 10.1. The molecule has 90 valence electrons. The zero-order valence-corrected chi connectivity index (χ0v) is 10.1. The molecule has 0 aromatic rings. The summed E-state index contributed by atoms with van der Waals surface area (Å²) in [5, 5.41) is 8.98. The van der Waals surface area contributed by atoms with Gasteiger partial charge in [-0.2, -0.15) is 0 Å². The monoisotopic (exact) mass is 222 g/mol. The molecule has 0 amide bonds. The molecule has 0 spiro atoms. The summed E-state index contributed by atoms with van der Waals surface area (Å²) in [5.74, 6) is 0.825. The van der Waals surface area contributed by atoms with Crippen molar-refractivity contribution in [3.63, 3.8) is 0 Å². The number of allylic oxidation sites excluding steroid dienone is 2. The van der Waals surface area contributed by atoms with E-state index < -0.39 is 0 Å². The molecule has 0 aromatic heterocycles. The second-order valence-electron chi connectivity index (χ2n) is 4.71. The minimum Gasteiger partial charge on any atom is -0.392 e.